The third kappa shape index (κ3) is 1.88. The summed E-state index contributed by atoms with van der Waals surface area (Å²) in [4.78, 5) is 8.36. The number of imidazole rings is 1. The molecule has 14 heavy (non-hydrogen) atoms. The number of aromatic amines is 1. The molecule has 0 bridgehead atoms. The lowest BCUT2D eigenvalue weighted by Gasteiger charge is -2.02. The highest BCUT2D eigenvalue weighted by molar-refractivity contribution is 7.99. The zero-order valence-corrected chi connectivity index (χ0v) is 9.45. The number of halogens is 1. The number of H-pyrrole nitrogens is 1. The minimum Gasteiger partial charge on any atom is -0.345 e. The van der Waals surface area contributed by atoms with Crippen LogP contribution in [-0.2, 0) is 0 Å². The number of aromatic nitrogens is 2. The number of nitrogens with one attached hydrogen (secondary N) is 1. The van der Waals surface area contributed by atoms with Gasteiger partial charge in [0.25, 0.3) is 0 Å². The SMILES string of the molecule is CCCSc1cc2nc[nH]c2cc1Cl. The highest BCUT2D eigenvalue weighted by atomic mass is 35.5. The van der Waals surface area contributed by atoms with E-state index >= 15 is 0 Å². The van der Waals surface area contributed by atoms with Crippen LogP contribution in [0.3, 0.4) is 0 Å². The Hall–Kier alpha value is -0.670. The lowest BCUT2D eigenvalue weighted by Crippen LogP contribution is -1.79. The first-order chi connectivity index (χ1) is 6.81. The summed E-state index contributed by atoms with van der Waals surface area (Å²) in [5.74, 6) is 1.09. The van der Waals surface area contributed by atoms with Gasteiger partial charge in [0, 0.05) is 4.90 Å². The molecule has 0 amide bonds. The van der Waals surface area contributed by atoms with E-state index < -0.39 is 0 Å². The molecule has 0 aliphatic carbocycles. The van der Waals surface area contributed by atoms with Crippen molar-refractivity contribution >= 4 is 34.4 Å². The fraction of sp³-hybridized carbons (Fsp3) is 0.300. The van der Waals surface area contributed by atoms with Gasteiger partial charge in [-0.2, -0.15) is 0 Å². The maximum Gasteiger partial charge on any atom is 0.0931 e. The second-order valence-corrected chi connectivity index (χ2v) is 4.59. The molecule has 2 aromatic rings. The topological polar surface area (TPSA) is 28.7 Å². The van der Waals surface area contributed by atoms with Crippen molar-refractivity contribution in [3.05, 3.63) is 23.5 Å². The molecule has 1 N–H and O–H groups in total. The van der Waals surface area contributed by atoms with Crippen LogP contribution in [0, 0.1) is 0 Å². The van der Waals surface area contributed by atoms with Gasteiger partial charge in [0.1, 0.15) is 0 Å². The summed E-state index contributed by atoms with van der Waals surface area (Å²) < 4.78 is 0. The summed E-state index contributed by atoms with van der Waals surface area (Å²) in [7, 11) is 0. The summed E-state index contributed by atoms with van der Waals surface area (Å²) in [6, 6.07) is 3.97. The molecule has 4 heteroatoms. The van der Waals surface area contributed by atoms with Crippen LogP contribution in [-0.4, -0.2) is 15.7 Å². The van der Waals surface area contributed by atoms with Crippen molar-refractivity contribution in [3.8, 4) is 0 Å². The average molecular weight is 227 g/mol. The number of hydrogen-bond acceptors (Lipinski definition) is 2. The largest absolute Gasteiger partial charge is 0.345 e. The minimum absolute atomic E-state index is 0.806. The Labute approximate surface area is 92.1 Å². The molecule has 0 atom stereocenters. The van der Waals surface area contributed by atoms with E-state index in [0.29, 0.717) is 0 Å². The summed E-state index contributed by atoms with van der Waals surface area (Å²) in [6.45, 7) is 2.16. The first-order valence-electron chi connectivity index (χ1n) is 4.56. The Morgan fingerprint density at radius 3 is 3.14 bits per heavy atom. The first kappa shape index (κ1) is 9.87. The Bertz CT molecular complexity index is 439. The van der Waals surface area contributed by atoms with Crippen LogP contribution in [0.15, 0.2) is 23.4 Å². The van der Waals surface area contributed by atoms with E-state index in [1.165, 1.54) is 0 Å². The lowest BCUT2D eigenvalue weighted by atomic mass is 10.3. The second kappa shape index (κ2) is 4.24. The molecule has 1 aromatic heterocycles. The van der Waals surface area contributed by atoms with Gasteiger partial charge < -0.3 is 4.98 Å². The van der Waals surface area contributed by atoms with E-state index in [4.69, 9.17) is 11.6 Å². The summed E-state index contributed by atoms with van der Waals surface area (Å²) in [5, 5.41) is 0.806. The highest BCUT2D eigenvalue weighted by Gasteiger charge is 2.04. The van der Waals surface area contributed by atoms with Crippen LogP contribution in [0.25, 0.3) is 11.0 Å². The van der Waals surface area contributed by atoms with Crippen LogP contribution >= 0.6 is 23.4 Å². The van der Waals surface area contributed by atoms with E-state index in [2.05, 4.69) is 16.9 Å². The minimum atomic E-state index is 0.806. The van der Waals surface area contributed by atoms with Crippen molar-refractivity contribution in [2.45, 2.75) is 18.2 Å². The van der Waals surface area contributed by atoms with Gasteiger partial charge in [-0.1, -0.05) is 18.5 Å². The summed E-state index contributed by atoms with van der Waals surface area (Å²) in [6.07, 6.45) is 2.84. The molecule has 0 aliphatic heterocycles. The number of fused-ring (bicyclic) bond motifs is 1. The van der Waals surface area contributed by atoms with Crippen LogP contribution in [0.2, 0.25) is 5.02 Å². The van der Waals surface area contributed by atoms with Crippen LogP contribution in [0.5, 0.6) is 0 Å². The monoisotopic (exact) mass is 226 g/mol. The summed E-state index contributed by atoms with van der Waals surface area (Å²) >= 11 is 7.91. The van der Waals surface area contributed by atoms with E-state index in [1.807, 2.05) is 12.1 Å². The Morgan fingerprint density at radius 1 is 1.50 bits per heavy atom. The lowest BCUT2D eigenvalue weighted by molar-refractivity contribution is 1.10. The highest BCUT2D eigenvalue weighted by Crippen LogP contribution is 2.30. The molecule has 2 nitrogen and oxygen atoms in total. The van der Waals surface area contributed by atoms with Gasteiger partial charge >= 0.3 is 0 Å². The van der Waals surface area contributed by atoms with Crippen molar-refractivity contribution < 1.29 is 0 Å². The molecule has 1 heterocycles. The fourth-order valence-corrected chi connectivity index (χ4v) is 2.40. The smallest absolute Gasteiger partial charge is 0.0931 e. The molecular formula is C10H11ClN2S. The van der Waals surface area contributed by atoms with E-state index in [9.17, 15) is 0 Å². The van der Waals surface area contributed by atoms with Gasteiger partial charge in [0.2, 0.25) is 0 Å². The fourth-order valence-electron chi connectivity index (χ4n) is 1.26. The molecule has 0 saturated carbocycles. The number of benzene rings is 1. The summed E-state index contributed by atoms with van der Waals surface area (Å²) in [5.41, 5.74) is 1.98. The second-order valence-electron chi connectivity index (χ2n) is 3.05. The molecule has 1 aromatic carbocycles. The standard InChI is InChI=1S/C10H11ClN2S/c1-2-3-14-10-5-9-8(4-7(10)11)12-6-13-9/h4-6H,2-3H2,1H3,(H,12,13). The molecule has 2 rings (SSSR count). The quantitative estimate of drug-likeness (QED) is 0.809. The van der Waals surface area contributed by atoms with Crippen molar-refractivity contribution in [2.75, 3.05) is 5.75 Å². The van der Waals surface area contributed by atoms with Crippen LogP contribution in [0.4, 0.5) is 0 Å². The third-order valence-corrected chi connectivity index (χ3v) is 3.62. The number of hydrogen-bond donors (Lipinski definition) is 1. The number of rotatable bonds is 3. The maximum absolute atomic E-state index is 6.13. The molecule has 0 unspecified atom stereocenters. The van der Waals surface area contributed by atoms with Gasteiger partial charge in [-0.25, -0.2) is 4.98 Å². The zero-order valence-electron chi connectivity index (χ0n) is 7.88. The van der Waals surface area contributed by atoms with Gasteiger partial charge in [-0.3, -0.25) is 0 Å². The number of thioether (sulfide) groups is 1. The van der Waals surface area contributed by atoms with Gasteiger partial charge in [0.15, 0.2) is 0 Å². The zero-order chi connectivity index (χ0) is 9.97. The predicted molar refractivity (Wildman–Crippen MR) is 62.1 cm³/mol. The Balaban J connectivity index is 2.38. The molecule has 0 saturated heterocycles. The Morgan fingerprint density at radius 2 is 2.36 bits per heavy atom. The van der Waals surface area contributed by atoms with E-state index in [-0.39, 0.29) is 0 Å². The molecule has 0 aliphatic rings. The molecule has 74 valence electrons. The molecule has 0 fully saturated rings. The normalized spacial score (nSPS) is 11.0. The first-order valence-corrected chi connectivity index (χ1v) is 5.93. The molecule has 0 radical (unpaired) electrons. The van der Waals surface area contributed by atoms with Crippen molar-refractivity contribution in [1.82, 2.24) is 9.97 Å². The van der Waals surface area contributed by atoms with Gasteiger partial charge in [-0.05, 0) is 24.3 Å². The van der Waals surface area contributed by atoms with Gasteiger partial charge in [-0.15, -0.1) is 11.8 Å². The maximum atomic E-state index is 6.13. The molecule has 0 spiro atoms. The predicted octanol–water partition coefficient (Wildman–Crippen LogP) is 3.72. The van der Waals surface area contributed by atoms with E-state index in [0.717, 1.165) is 33.1 Å². The van der Waals surface area contributed by atoms with Gasteiger partial charge in [0.05, 0.1) is 22.4 Å². The van der Waals surface area contributed by atoms with Crippen molar-refractivity contribution in [1.29, 1.82) is 0 Å². The van der Waals surface area contributed by atoms with Crippen LogP contribution in [0.1, 0.15) is 13.3 Å². The van der Waals surface area contributed by atoms with Crippen molar-refractivity contribution in [2.24, 2.45) is 0 Å². The van der Waals surface area contributed by atoms with Crippen LogP contribution < -0.4 is 0 Å². The van der Waals surface area contributed by atoms with Crippen molar-refractivity contribution in [3.63, 3.8) is 0 Å². The number of nitrogens with zero attached hydrogens (tertiary/aromatic N) is 1. The third-order valence-electron chi connectivity index (χ3n) is 1.94. The Kier molecular flexibility index (Phi) is 2.99. The average Bonchev–Trinajstić information content (AvgIpc) is 2.61. The molecular weight excluding hydrogens is 216 g/mol. The van der Waals surface area contributed by atoms with E-state index in [1.54, 1.807) is 18.1 Å².